The summed E-state index contributed by atoms with van der Waals surface area (Å²) in [6, 6.07) is 12.8. The van der Waals surface area contributed by atoms with Crippen LogP contribution in [0.4, 0.5) is 8.63 Å². The molecule has 5 heteroatoms. The van der Waals surface area contributed by atoms with Gasteiger partial charge in [-0.25, -0.2) is 0 Å². The number of aliphatic imine (C=N–C) groups is 1. The van der Waals surface area contributed by atoms with Crippen molar-refractivity contribution in [3.8, 4) is 0 Å². The highest BCUT2D eigenvalue weighted by Gasteiger charge is 2.23. The molecule has 20 heavy (non-hydrogen) atoms. The Hall–Kier alpha value is -2.43. The molecule has 0 N–H and O–H groups in total. The van der Waals surface area contributed by atoms with Crippen LogP contribution < -0.4 is 0 Å². The van der Waals surface area contributed by atoms with Crippen LogP contribution >= 0.6 is 0 Å². The van der Waals surface area contributed by atoms with Gasteiger partial charge < -0.3 is 4.48 Å². The lowest BCUT2D eigenvalue weighted by Crippen LogP contribution is -2.15. The highest BCUT2D eigenvalue weighted by Crippen LogP contribution is 2.30. The van der Waals surface area contributed by atoms with Crippen LogP contribution in [0.15, 0.2) is 71.5 Å². The molecule has 1 aliphatic heterocycles. The molecule has 2 nitrogen and oxygen atoms in total. The number of benzene rings is 1. The summed E-state index contributed by atoms with van der Waals surface area (Å²) in [6.07, 6.45) is 6.67. The number of hydrogen-bond donors (Lipinski definition) is 0. The standard InChI is InChI=1S/C15H11BF2N2/c17-16(18)20-11-5-9-14(20)15(13-8-4-10-19-13)12-6-2-1-3-7-12/h1-11H/b15-13+. The molecule has 1 aliphatic rings. The van der Waals surface area contributed by atoms with Crippen molar-refractivity contribution >= 4 is 19.2 Å². The highest BCUT2D eigenvalue weighted by atomic mass is 19.2. The second-order valence-electron chi connectivity index (χ2n) is 4.34. The summed E-state index contributed by atoms with van der Waals surface area (Å²) in [7, 11) is -2.58. The molecule has 0 bridgehead atoms. The first kappa shape index (κ1) is 12.6. The van der Waals surface area contributed by atoms with Crippen LogP contribution in [0.1, 0.15) is 11.3 Å². The fourth-order valence-corrected chi connectivity index (χ4v) is 2.26. The van der Waals surface area contributed by atoms with Gasteiger partial charge in [0, 0.05) is 17.5 Å². The largest absolute Gasteiger partial charge is 0.677 e. The zero-order valence-electron chi connectivity index (χ0n) is 10.6. The quantitative estimate of drug-likeness (QED) is 0.756. The van der Waals surface area contributed by atoms with Gasteiger partial charge in [-0.15, -0.1) is 0 Å². The predicted molar refractivity (Wildman–Crippen MR) is 77.9 cm³/mol. The lowest BCUT2D eigenvalue weighted by molar-refractivity contribution is 0.628. The minimum Gasteiger partial charge on any atom is -0.332 e. The van der Waals surface area contributed by atoms with E-state index in [0.717, 1.165) is 10.0 Å². The Morgan fingerprint density at radius 2 is 1.85 bits per heavy atom. The average molecular weight is 268 g/mol. The highest BCUT2D eigenvalue weighted by molar-refractivity contribution is 6.41. The van der Waals surface area contributed by atoms with Gasteiger partial charge in [0.05, 0.1) is 5.70 Å². The minimum absolute atomic E-state index is 0.463. The van der Waals surface area contributed by atoms with E-state index in [0.29, 0.717) is 17.0 Å². The van der Waals surface area contributed by atoms with Gasteiger partial charge in [0.2, 0.25) is 0 Å². The molecule has 0 aliphatic carbocycles. The number of allylic oxidation sites excluding steroid dienone is 2. The van der Waals surface area contributed by atoms with Gasteiger partial charge >= 0.3 is 7.40 Å². The van der Waals surface area contributed by atoms with Crippen LogP contribution in [0, 0.1) is 0 Å². The summed E-state index contributed by atoms with van der Waals surface area (Å²) in [5.74, 6) is 0. The number of aromatic nitrogens is 1. The van der Waals surface area contributed by atoms with Gasteiger partial charge in [-0.1, -0.05) is 30.3 Å². The van der Waals surface area contributed by atoms with E-state index in [1.165, 1.54) is 6.20 Å². The summed E-state index contributed by atoms with van der Waals surface area (Å²) < 4.78 is 27.2. The monoisotopic (exact) mass is 268 g/mol. The molecule has 2 aromatic rings. The number of halogens is 2. The van der Waals surface area contributed by atoms with Gasteiger partial charge in [-0.05, 0) is 36.0 Å². The van der Waals surface area contributed by atoms with Crippen LogP contribution in [0.25, 0.3) is 5.57 Å². The third-order valence-corrected chi connectivity index (χ3v) is 3.12. The lowest BCUT2D eigenvalue weighted by Gasteiger charge is -2.12. The van der Waals surface area contributed by atoms with Gasteiger partial charge in [-0.2, -0.15) is 0 Å². The van der Waals surface area contributed by atoms with E-state index >= 15 is 0 Å². The summed E-state index contributed by atoms with van der Waals surface area (Å²) >= 11 is 0. The van der Waals surface area contributed by atoms with Crippen molar-refractivity contribution in [1.82, 2.24) is 4.48 Å². The first-order chi connectivity index (χ1) is 9.77. The molecule has 0 amide bonds. The molecule has 0 saturated carbocycles. The molecular formula is C15H11BF2N2. The van der Waals surface area contributed by atoms with Crippen molar-refractivity contribution in [1.29, 1.82) is 0 Å². The van der Waals surface area contributed by atoms with Gasteiger partial charge in [0.25, 0.3) is 0 Å². The fourth-order valence-electron chi connectivity index (χ4n) is 2.26. The predicted octanol–water partition coefficient (Wildman–Crippen LogP) is 3.66. The van der Waals surface area contributed by atoms with Crippen LogP contribution in [-0.2, 0) is 0 Å². The van der Waals surface area contributed by atoms with E-state index < -0.39 is 7.40 Å². The number of rotatable bonds is 3. The Morgan fingerprint density at radius 1 is 1.05 bits per heavy atom. The third kappa shape index (κ3) is 2.22. The SMILES string of the molecule is FB(F)n1cccc1/C(=C1\C=CC=N1)c1ccccc1. The van der Waals surface area contributed by atoms with Gasteiger partial charge in [0.15, 0.2) is 0 Å². The van der Waals surface area contributed by atoms with Crippen molar-refractivity contribution < 1.29 is 8.63 Å². The number of nitrogens with zero attached hydrogens (tertiary/aromatic N) is 2. The van der Waals surface area contributed by atoms with Crippen LogP contribution in [0.3, 0.4) is 0 Å². The van der Waals surface area contributed by atoms with Crippen molar-refractivity contribution in [2.45, 2.75) is 0 Å². The van der Waals surface area contributed by atoms with E-state index in [4.69, 9.17) is 0 Å². The van der Waals surface area contributed by atoms with E-state index in [1.807, 2.05) is 36.4 Å². The molecule has 0 atom stereocenters. The molecule has 1 aromatic heterocycles. The Bertz CT molecular complexity index is 686. The molecule has 0 saturated heterocycles. The third-order valence-electron chi connectivity index (χ3n) is 3.12. The first-order valence-corrected chi connectivity index (χ1v) is 6.23. The molecule has 0 fully saturated rings. The summed E-state index contributed by atoms with van der Waals surface area (Å²) in [5, 5.41) is 0. The fraction of sp³-hybridized carbons (Fsp3) is 0. The molecule has 0 spiro atoms. The smallest absolute Gasteiger partial charge is 0.332 e. The topological polar surface area (TPSA) is 17.3 Å². The van der Waals surface area contributed by atoms with Crippen molar-refractivity contribution in [3.05, 3.63) is 77.8 Å². The molecule has 3 rings (SSSR count). The van der Waals surface area contributed by atoms with E-state index in [9.17, 15) is 8.63 Å². The molecule has 1 aromatic carbocycles. The maximum absolute atomic E-state index is 13.1. The van der Waals surface area contributed by atoms with Crippen LogP contribution in [0.2, 0.25) is 0 Å². The maximum Gasteiger partial charge on any atom is 0.677 e. The Labute approximate surface area is 116 Å². The van der Waals surface area contributed by atoms with E-state index in [-0.39, 0.29) is 0 Å². The van der Waals surface area contributed by atoms with E-state index in [2.05, 4.69) is 4.99 Å². The molecule has 2 heterocycles. The van der Waals surface area contributed by atoms with Crippen LogP contribution in [0.5, 0.6) is 0 Å². The molecule has 0 radical (unpaired) electrons. The van der Waals surface area contributed by atoms with Crippen molar-refractivity contribution in [3.63, 3.8) is 0 Å². The summed E-state index contributed by atoms with van der Waals surface area (Å²) in [6.45, 7) is 0. The number of hydrogen-bond acceptors (Lipinski definition) is 1. The Morgan fingerprint density at radius 3 is 2.50 bits per heavy atom. The summed E-state index contributed by atoms with van der Waals surface area (Å²) in [5.41, 5.74) is 2.73. The molecule has 0 unspecified atom stereocenters. The average Bonchev–Trinajstić information content (AvgIpc) is 3.12. The molecule has 98 valence electrons. The lowest BCUT2D eigenvalue weighted by atomic mass is 9.99. The van der Waals surface area contributed by atoms with Gasteiger partial charge in [0.1, 0.15) is 0 Å². The zero-order valence-corrected chi connectivity index (χ0v) is 10.6. The normalized spacial score (nSPS) is 15.7. The second-order valence-corrected chi connectivity index (χ2v) is 4.34. The minimum atomic E-state index is -2.58. The van der Waals surface area contributed by atoms with Crippen LogP contribution in [-0.4, -0.2) is 18.1 Å². The van der Waals surface area contributed by atoms with Crippen molar-refractivity contribution in [2.75, 3.05) is 0 Å². The molecular weight excluding hydrogens is 257 g/mol. The Kier molecular flexibility index (Phi) is 3.33. The van der Waals surface area contributed by atoms with Crippen molar-refractivity contribution in [2.24, 2.45) is 4.99 Å². The summed E-state index contributed by atoms with van der Waals surface area (Å²) in [4.78, 5) is 4.25. The van der Waals surface area contributed by atoms with Gasteiger partial charge in [-0.3, -0.25) is 13.6 Å². The van der Waals surface area contributed by atoms with E-state index in [1.54, 1.807) is 24.4 Å². The Balaban J connectivity index is 2.22. The zero-order chi connectivity index (χ0) is 13.9. The first-order valence-electron chi connectivity index (χ1n) is 6.23. The maximum atomic E-state index is 13.1. The second kappa shape index (κ2) is 5.29.